The molecule has 1 heterocycles. The number of rotatable bonds is 4. The quantitative estimate of drug-likeness (QED) is 0.746. The minimum atomic E-state index is 0.192. The van der Waals surface area contributed by atoms with Gasteiger partial charge in [0, 0.05) is 20.4 Å². The Labute approximate surface area is 90.1 Å². The van der Waals surface area contributed by atoms with Crippen LogP contribution in [0.1, 0.15) is 12.5 Å². The first-order chi connectivity index (χ1) is 7.20. The molecule has 0 saturated heterocycles. The van der Waals surface area contributed by atoms with Crippen LogP contribution in [0.25, 0.3) is 0 Å². The second-order valence-corrected chi connectivity index (χ2v) is 3.40. The van der Waals surface area contributed by atoms with Gasteiger partial charge in [0.25, 0.3) is 0 Å². The molecule has 15 heavy (non-hydrogen) atoms. The first-order valence-electron chi connectivity index (χ1n) is 4.77. The number of hydrogen-bond acceptors (Lipinski definition) is 4. The van der Waals surface area contributed by atoms with Gasteiger partial charge >= 0.3 is 0 Å². The fourth-order valence-corrected chi connectivity index (χ4v) is 1.33. The van der Waals surface area contributed by atoms with E-state index in [1.165, 1.54) is 0 Å². The van der Waals surface area contributed by atoms with E-state index in [4.69, 9.17) is 10.00 Å². The highest BCUT2D eigenvalue weighted by Crippen LogP contribution is 2.16. The zero-order valence-electron chi connectivity index (χ0n) is 9.27. The van der Waals surface area contributed by atoms with E-state index >= 15 is 0 Å². The summed E-state index contributed by atoms with van der Waals surface area (Å²) in [6, 6.07) is 5.84. The Morgan fingerprint density at radius 3 is 3.00 bits per heavy atom. The van der Waals surface area contributed by atoms with Crippen LogP contribution in [0.15, 0.2) is 18.3 Å². The van der Waals surface area contributed by atoms with Gasteiger partial charge in [0.1, 0.15) is 11.9 Å². The summed E-state index contributed by atoms with van der Waals surface area (Å²) in [5, 5.41) is 8.93. The van der Waals surface area contributed by atoms with Gasteiger partial charge in [-0.25, -0.2) is 4.98 Å². The average molecular weight is 205 g/mol. The molecule has 1 aromatic heterocycles. The molecule has 0 saturated carbocycles. The Kier molecular flexibility index (Phi) is 4.07. The zero-order chi connectivity index (χ0) is 11.3. The van der Waals surface area contributed by atoms with Crippen LogP contribution in [0.5, 0.6) is 0 Å². The van der Waals surface area contributed by atoms with Crippen molar-refractivity contribution in [1.29, 1.82) is 5.26 Å². The first-order valence-corrected chi connectivity index (χ1v) is 4.77. The molecule has 1 rings (SSSR count). The van der Waals surface area contributed by atoms with Gasteiger partial charge in [-0.3, -0.25) is 0 Å². The van der Waals surface area contributed by atoms with Crippen molar-refractivity contribution in [2.75, 3.05) is 25.7 Å². The Bertz CT molecular complexity index is 359. The second-order valence-electron chi connectivity index (χ2n) is 3.40. The number of methoxy groups -OCH3 is 1. The summed E-state index contributed by atoms with van der Waals surface area (Å²) in [6.45, 7) is 2.64. The molecule has 80 valence electrons. The highest BCUT2D eigenvalue weighted by molar-refractivity contribution is 5.53. The van der Waals surface area contributed by atoms with Crippen LogP contribution in [-0.4, -0.2) is 31.8 Å². The molecule has 0 spiro atoms. The van der Waals surface area contributed by atoms with E-state index in [0.29, 0.717) is 18.0 Å². The average Bonchev–Trinajstić information content (AvgIpc) is 2.28. The van der Waals surface area contributed by atoms with Gasteiger partial charge in [0.05, 0.1) is 18.2 Å². The van der Waals surface area contributed by atoms with E-state index in [2.05, 4.69) is 11.1 Å². The normalized spacial score (nSPS) is 11.9. The molecule has 1 atom stereocenters. The van der Waals surface area contributed by atoms with Crippen molar-refractivity contribution in [1.82, 2.24) is 4.98 Å². The second kappa shape index (κ2) is 5.32. The molecule has 0 aliphatic rings. The monoisotopic (exact) mass is 205 g/mol. The summed E-state index contributed by atoms with van der Waals surface area (Å²) >= 11 is 0. The van der Waals surface area contributed by atoms with Crippen LogP contribution in [-0.2, 0) is 4.74 Å². The van der Waals surface area contributed by atoms with Gasteiger partial charge in [-0.15, -0.1) is 0 Å². The van der Waals surface area contributed by atoms with Crippen LogP contribution in [0.3, 0.4) is 0 Å². The maximum absolute atomic E-state index is 8.93. The number of nitrogens with zero attached hydrogens (tertiary/aromatic N) is 3. The SMILES string of the molecule is COCC(C)N(C)c1ncccc1C#N. The molecular formula is C11H15N3O. The van der Waals surface area contributed by atoms with Gasteiger partial charge in [-0.1, -0.05) is 0 Å². The van der Waals surface area contributed by atoms with Crippen LogP contribution in [0.2, 0.25) is 0 Å². The largest absolute Gasteiger partial charge is 0.383 e. The summed E-state index contributed by atoms with van der Waals surface area (Å²) < 4.78 is 5.07. The number of pyridine rings is 1. The lowest BCUT2D eigenvalue weighted by atomic mass is 10.2. The lowest BCUT2D eigenvalue weighted by Crippen LogP contribution is -2.33. The van der Waals surface area contributed by atoms with Gasteiger partial charge in [0.2, 0.25) is 0 Å². The fourth-order valence-electron chi connectivity index (χ4n) is 1.33. The van der Waals surface area contributed by atoms with E-state index in [1.54, 1.807) is 25.4 Å². The van der Waals surface area contributed by atoms with Gasteiger partial charge in [-0.2, -0.15) is 5.26 Å². The molecule has 1 aromatic rings. The third-order valence-electron chi connectivity index (χ3n) is 2.31. The number of hydrogen-bond donors (Lipinski definition) is 0. The lowest BCUT2D eigenvalue weighted by molar-refractivity contribution is 0.183. The number of ether oxygens (including phenoxy) is 1. The third kappa shape index (κ3) is 2.67. The maximum atomic E-state index is 8.93. The highest BCUT2D eigenvalue weighted by atomic mass is 16.5. The molecule has 0 radical (unpaired) electrons. The molecule has 0 aliphatic heterocycles. The highest BCUT2D eigenvalue weighted by Gasteiger charge is 2.13. The number of aromatic nitrogens is 1. The van der Waals surface area contributed by atoms with Crippen molar-refractivity contribution in [2.45, 2.75) is 13.0 Å². The molecule has 0 fully saturated rings. The lowest BCUT2D eigenvalue weighted by Gasteiger charge is -2.25. The topological polar surface area (TPSA) is 49.1 Å². The van der Waals surface area contributed by atoms with E-state index in [9.17, 15) is 0 Å². The molecule has 1 unspecified atom stereocenters. The predicted octanol–water partition coefficient (Wildman–Crippen LogP) is 1.42. The van der Waals surface area contributed by atoms with Gasteiger partial charge in [-0.05, 0) is 19.1 Å². The zero-order valence-corrected chi connectivity index (χ0v) is 9.27. The fraction of sp³-hybridized carbons (Fsp3) is 0.455. The van der Waals surface area contributed by atoms with E-state index in [0.717, 1.165) is 0 Å². The van der Waals surface area contributed by atoms with Crippen LogP contribution < -0.4 is 4.90 Å². The predicted molar refractivity (Wildman–Crippen MR) is 58.7 cm³/mol. The Morgan fingerprint density at radius 2 is 2.40 bits per heavy atom. The van der Waals surface area contributed by atoms with Gasteiger partial charge < -0.3 is 9.64 Å². The molecule has 4 heteroatoms. The van der Waals surface area contributed by atoms with Crippen LogP contribution in [0.4, 0.5) is 5.82 Å². The van der Waals surface area contributed by atoms with Gasteiger partial charge in [0.15, 0.2) is 0 Å². The molecule has 0 amide bonds. The van der Waals surface area contributed by atoms with Crippen molar-refractivity contribution in [2.24, 2.45) is 0 Å². The molecule has 0 bridgehead atoms. The summed E-state index contributed by atoms with van der Waals surface area (Å²) in [5.41, 5.74) is 0.586. The van der Waals surface area contributed by atoms with Crippen molar-refractivity contribution in [3.63, 3.8) is 0 Å². The molecule has 0 aliphatic carbocycles. The molecule has 0 aromatic carbocycles. The number of nitriles is 1. The Balaban J connectivity index is 2.91. The Morgan fingerprint density at radius 1 is 1.67 bits per heavy atom. The van der Waals surface area contributed by atoms with Crippen molar-refractivity contribution in [3.8, 4) is 6.07 Å². The molecule has 0 N–H and O–H groups in total. The molecular weight excluding hydrogens is 190 g/mol. The van der Waals surface area contributed by atoms with Crippen molar-refractivity contribution >= 4 is 5.82 Å². The molecule has 4 nitrogen and oxygen atoms in total. The van der Waals surface area contributed by atoms with E-state index in [-0.39, 0.29) is 6.04 Å². The minimum Gasteiger partial charge on any atom is -0.383 e. The van der Waals surface area contributed by atoms with Crippen LogP contribution >= 0.6 is 0 Å². The number of likely N-dealkylation sites (N-methyl/N-ethyl adjacent to an activating group) is 1. The summed E-state index contributed by atoms with van der Waals surface area (Å²) in [7, 11) is 3.57. The first kappa shape index (κ1) is 11.5. The van der Waals surface area contributed by atoms with E-state index < -0.39 is 0 Å². The van der Waals surface area contributed by atoms with E-state index in [1.807, 2.05) is 18.9 Å². The van der Waals surface area contributed by atoms with Crippen molar-refractivity contribution in [3.05, 3.63) is 23.9 Å². The standard InChI is InChI=1S/C11H15N3O/c1-9(8-15-3)14(2)11-10(7-12)5-4-6-13-11/h4-6,9H,8H2,1-3H3. The minimum absolute atomic E-state index is 0.192. The summed E-state index contributed by atoms with van der Waals surface area (Å²) in [5.74, 6) is 0.699. The summed E-state index contributed by atoms with van der Waals surface area (Å²) in [6.07, 6.45) is 1.69. The van der Waals surface area contributed by atoms with Crippen LogP contribution in [0, 0.1) is 11.3 Å². The van der Waals surface area contributed by atoms with Crippen molar-refractivity contribution < 1.29 is 4.74 Å². The maximum Gasteiger partial charge on any atom is 0.146 e. The third-order valence-corrected chi connectivity index (χ3v) is 2.31. The summed E-state index contributed by atoms with van der Waals surface area (Å²) in [4.78, 5) is 6.15. The Hall–Kier alpha value is -1.60. The number of anilines is 1. The smallest absolute Gasteiger partial charge is 0.146 e.